The van der Waals surface area contributed by atoms with Gasteiger partial charge in [-0.1, -0.05) is 61.9 Å². The standard InChI is InChI=1S/C21H28O2/c1-4-21(22)14-9-8-12-20(21)18(3)16-23-15-13-17(2)19-10-6-5-7-11-19/h4-7,10-11,13,20,22H,1,3,8-9,12,14-16H2,2H3/b17-13+. The molecule has 0 heterocycles. The summed E-state index contributed by atoms with van der Waals surface area (Å²) in [5.74, 6) is 0.0629. The Morgan fingerprint density at radius 2 is 2.09 bits per heavy atom. The Morgan fingerprint density at radius 1 is 1.35 bits per heavy atom. The van der Waals surface area contributed by atoms with Crippen LogP contribution in [0.1, 0.15) is 38.2 Å². The molecule has 2 unspecified atom stereocenters. The van der Waals surface area contributed by atoms with Gasteiger partial charge in [0.15, 0.2) is 0 Å². The molecule has 1 N–H and O–H groups in total. The average molecular weight is 312 g/mol. The van der Waals surface area contributed by atoms with Gasteiger partial charge in [0.25, 0.3) is 0 Å². The Bertz CT molecular complexity index is 558. The van der Waals surface area contributed by atoms with Gasteiger partial charge < -0.3 is 9.84 Å². The van der Waals surface area contributed by atoms with Gasteiger partial charge in [-0.3, -0.25) is 0 Å². The highest BCUT2D eigenvalue weighted by Crippen LogP contribution is 2.38. The number of benzene rings is 1. The Labute approximate surface area is 140 Å². The summed E-state index contributed by atoms with van der Waals surface area (Å²) in [6.45, 7) is 11.1. The first kappa shape index (κ1) is 17.7. The molecule has 2 heteroatoms. The molecule has 2 atom stereocenters. The van der Waals surface area contributed by atoms with Crippen molar-refractivity contribution in [2.75, 3.05) is 13.2 Å². The van der Waals surface area contributed by atoms with Crippen molar-refractivity contribution in [1.82, 2.24) is 0 Å². The van der Waals surface area contributed by atoms with Crippen LogP contribution in [-0.4, -0.2) is 23.9 Å². The number of allylic oxidation sites excluding steroid dienone is 1. The van der Waals surface area contributed by atoms with Gasteiger partial charge in [0, 0.05) is 5.92 Å². The van der Waals surface area contributed by atoms with Gasteiger partial charge in [0.2, 0.25) is 0 Å². The van der Waals surface area contributed by atoms with E-state index in [1.165, 1.54) is 11.1 Å². The van der Waals surface area contributed by atoms with Crippen molar-refractivity contribution in [3.05, 3.63) is 66.8 Å². The summed E-state index contributed by atoms with van der Waals surface area (Å²) in [4.78, 5) is 0. The minimum Gasteiger partial charge on any atom is -0.385 e. The first-order chi connectivity index (χ1) is 11.1. The minimum atomic E-state index is -0.811. The lowest BCUT2D eigenvalue weighted by atomic mass is 9.72. The summed E-state index contributed by atoms with van der Waals surface area (Å²) in [7, 11) is 0. The Balaban J connectivity index is 1.84. The first-order valence-corrected chi connectivity index (χ1v) is 8.40. The average Bonchev–Trinajstić information content (AvgIpc) is 2.59. The largest absolute Gasteiger partial charge is 0.385 e. The van der Waals surface area contributed by atoms with Crippen LogP contribution in [0.2, 0.25) is 0 Å². The second-order valence-electron chi connectivity index (χ2n) is 6.42. The Hall–Kier alpha value is -1.64. The molecule has 124 valence electrons. The fraction of sp³-hybridized carbons (Fsp3) is 0.429. The molecule has 1 aliphatic rings. The number of rotatable bonds is 7. The van der Waals surface area contributed by atoms with Crippen molar-refractivity contribution >= 4 is 5.57 Å². The molecule has 1 saturated carbocycles. The highest BCUT2D eigenvalue weighted by Gasteiger charge is 2.37. The van der Waals surface area contributed by atoms with Crippen LogP contribution in [0.3, 0.4) is 0 Å². The molecular formula is C21H28O2. The summed E-state index contributed by atoms with van der Waals surface area (Å²) >= 11 is 0. The molecule has 0 saturated heterocycles. The molecule has 1 aromatic carbocycles. The zero-order chi connectivity index (χ0) is 16.7. The van der Waals surface area contributed by atoms with E-state index < -0.39 is 5.60 Å². The van der Waals surface area contributed by atoms with Crippen LogP contribution in [0.4, 0.5) is 0 Å². The van der Waals surface area contributed by atoms with E-state index in [1.807, 2.05) is 18.2 Å². The normalized spacial score (nSPS) is 25.1. The lowest BCUT2D eigenvalue weighted by molar-refractivity contribution is 0.00526. The number of ether oxygens (including phenoxy) is 1. The summed E-state index contributed by atoms with van der Waals surface area (Å²) < 4.78 is 5.76. The van der Waals surface area contributed by atoms with Gasteiger partial charge >= 0.3 is 0 Å². The van der Waals surface area contributed by atoms with Crippen molar-refractivity contribution in [2.24, 2.45) is 5.92 Å². The molecule has 2 nitrogen and oxygen atoms in total. The van der Waals surface area contributed by atoms with Crippen molar-refractivity contribution in [1.29, 1.82) is 0 Å². The maximum Gasteiger partial charge on any atom is 0.0890 e. The van der Waals surface area contributed by atoms with Crippen LogP contribution in [0.25, 0.3) is 5.57 Å². The predicted octanol–water partition coefficient (Wildman–Crippen LogP) is 4.77. The molecule has 2 rings (SSSR count). The molecule has 1 fully saturated rings. The monoisotopic (exact) mass is 312 g/mol. The lowest BCUT2D eigenvalue weighted by Gasteiger charge is -2.38. The summed E-state index contributed by atoms with van der Waals surface area (Å²) in [6.07, 6.45) is 7.68. The van der Waals surface area contributed by atoms with Crippen LogP contribution in [0.5, 0.6) is 0 Å². The van der Waals surface area contributed by atoms with Crippen LogP contribution < -0.4 is 0 Å². The maximum absolute atomic E-state index is 10.7. The van der Waals surface area contributed by atoms with E-state index in [-0.39, 0.29) is 5.92 Å². The van der Waals surface area contributed by atoms with Crippen LogP contribution in [0, 0.1) is 5.92 Å². The Kier molecular flexibility index (Phi) is 6.37. The van der Waals surface area contributed by atoms with Crippen LogP contribution >= 0.6 is 0 Å². The van der Waals surface area contributed by atoms with E-state index in [1.54, 1.807) is 6.08 Å². The molecule has 1 aromatic rings. The number of hydrogen-bond donors (Lipinski definition) is 1. The predicted molar refractivity (Wildman–Crippen MR) is 97.2 cm³/mol. The van der Waals surface area contributed by atoms with E-state index in [4.69, 9.17) is 4.74 Å². The SMILES string of the molecule is C=CC1(O)CCCCC1C(=C)COC/C=C(\C)c1ccccc1. The minimum absolute atomic E-state index is 0.0629. The molecule has 0 aliphatic heterocycles. The zero-order valence-corrected chi connectivity index (χ0v) is 14.1. The number of aliphatic hydroxyl groups is 1. The van der Waals surface area contributed by atoms with E-state index in [9.17, 15) is 5.11 Å². The molecule has 23 heavy (non-hydrogen) atoms. The molecule has 0 radical (unpaired) electrons. The van der Waals surface area contributed by atoms with Gasteiger partial charge in [0.1, 0.15) is 0 Å². The Morgan fingerprint density at radius 3 is 2.78 bits per heavy atom. The van der Waals surface area contributed by atoms with Crippen LogP contribution in [0.15, 0.2) is 61.2 Å². The summed E-state index contributed by atoms with van der Waals surface area (Å²) in [5, 5.41) is 10.7. The molecule has 0 aromatic heterocycles. The van der Waals surface area contributed by atoms with E-state index >= 15 is 0 Å². The van der Waals surface area contributed by atoms with Gasteiger partial charge in [-0.2, -0.15) is 0 Å². The highest BCUT2D eigenvalue weighted by atomic mass is 16.5. The molecule has 1 aliphatic carbocycles. The topological polar surface area (TPSA) is 29.5 Å². The van der Waals surface area contributed by atoms with Gasteiger partial charge in [-0.25, -0.2) is 0 Å². The third-order valence-corrected chi connectivity index (χ3v) is 4.79. The van der Waals surface area contributed by atoms with Gasteiger partial charge in [0.05, 0.1) is 18.8 Å². The van der Waals surface area contributed by atoms with Crippen molar-refractivity contribution in [2.45, 2.75) is 38.2 Å². The maximum atomic E-state index is 10.7. The van der Waals surface area contributed by atoms with Gasteiger partial charge in [-0.15, -0.1) is 6.58 Å². The van der Waals surface area contributed by atoms with E-state index in [2.05, 4.69) is 38.3 Å². The third kappa shape index (κ3) is 4.66. The zero-order valence-electron chi connectivity index (χ0n) is 14.1. The molecular weight excluding hydrogens is 284 g/mol. The fourth-order valence-electron chi connectivity index (χ4n) is 3.28. The summed E-state index contributed by atoms with van der Waals surface area (Å²) in [5.41, 5.74) is 2.58. The number of hydrogen-bond acceptors (Lipinski definition) is 2. The molecule has 0 bridgehead atoms. The third-order valence-electron chi connectivity index (χ3n) is 4.79. The molecule has 0 amide bonds. The van der Waals surface area contributed by atoms with Gasteiger partial charge in [-0.05, 0) is 36.5 Å². The lowest BCUT2D eigenvalue weighted by Crippen LogP contribution is -2.40. The van der Waals surface area contributed by atoms with E-state index in [0.29, 0.717) is 13.2 Å². The quantitative estimate of drug-likeness (QED) is 0.580. The summed E-state index contributed by atoms with van der Waals surface area (Å²) in [6, 6.07) is 10.3. The second kappa shape index (κ2) is 8.28. The van der Waals surface area contributed by atoms with Crippen molar-refractivity contribution in [3.8, 4) is 0 Å². The molecule has 0 spiro atoms. The first-order valence-electron chi connectivity index (χ1n) is 8.40. The van der Waals surface area contributed by atoms with Crippen molar-refractivity contribution in [3.63, 3.8) is 0 Å². The van der Waals surface area contributed by atoms with E-state index in [0.717, 1.165) is 31.3 Å². The fourth-order valence-corrected chi connectivity index (χ4v) is 3.28. The second-order valence-corrected chi connectivity index (χ2v) is 6.42. The highest BCUT2D eigenvalue weighted by molar-refractivity contribution is 5.63. The smallest absolute Gasteiger partial charge is 0.0890 e. The van der Waals surface area contributed by atoms with Crippen molar-refractivity contribution < 1.29 is 9.84 Å². The van der Waals surface area contributed by atoms with Crippen LogP contribution in [-0.2, 0) is 4.74 Å².